The highest BCUT2D eigenvalue weighted by atomic mass is 16.6. The lowest BCUT2D eigenvalue weighted by Crippen LogP contribution is -2.38. The molecule has 0 unspecified atom stereocenters. The summed E-state index contributed by atoms with van der Waals surface area (Å²) >= 11 is 0. The highest BCUT2D eigenvalue weighted by molar-refractivity contribution is 6.04. The van der Waals surface area contributed by atoms with E-state index in [0.29, 0.717) is 30.8 Å². The molecule has 1 aliphatic carbocycles. The van der Waals surface area contributed by atoms with Crippen molar-refractivity contribution in [2.24, 2.45) is 5.41 Å². The number of ketones is 1. The Morgan fingerprint density at radius 3 is 2.48 bits per heavy atom. The van der Waals surface area contributed by atoms with Gasteiger partial charge in [0, 0.05) is 35.9 Å². The van der Waals surface area contributed by atoms with Gasteiger partial charge in [0.05, 0.1) is 12.2 Å². The van der Waals surface area contributed by atoms with E-state index in [1.165, 1.54) is 0 Å². The summed E-state index contributed by atoms with van der Waals surface area (Å²) in [5, 5.41) is 3.35. The fraction of sp³-hybridized carbons (Fsp3) is 0.500. The van der Waals surface area contributed by atoms with E-state index in [9.17, 15) is 9.59 Å². The van der Waals surface area contributed by atoms with Crippen LogP contribution < -0.4 is 5.32 Å². The standard InChI is InChI=1S/C24H31NO4/c1-6-28-11-12-29-23(27)20-16(3)25-18-13-24(4,5)14-19(26)22(18)21(20)17-9-7-15(2)8-10-17/h7-10,21,25H,6,11-14H2,1-5H3/t21-/m1/s1. The van der Waals surface area contributed by atoms with Crippen molar-refractivity contribution in [3.05, 3.63) is 57.9 Å². The first-order valence-electron chi connectivity index (χ1n) is 10.3. The lowest BCUT2D eigenvalue weighted by Gasteiger charge is -2.39. The number of dihydropyridines is 1. The van der Waals surface area contributed by atoms with Gasteiger partial charge in [0.25, 0.3) is 0 Å². The normalized spacial score (nSPS) is 21.0. The molecule has 0 aromatic heterocycles. The molecule has 1 aromatic rings. The van der Waals surface area contributed by atoms with Crippen molar-refractivity contribution in [1.29, 1.82) is 0 Å². The molecule has 29 heavy (non-hydrogen) atoms. The van der Waals surface area contributed by atoms with Gasteiger partial charge in [-0.3, -0.25) is 4.79 Å². The van der Waals surface area contributed by atoms with Gasteiger partial charge in [0.1, 0.15) is 6.61 Å². The zero-order valence-corrected chi connectivity index (χ0v) is 18.1. The Bertz CT molecular complexity index is 861. The van der Waals surface area contributed by atoms with Crippen LogP contribution in [0.4, 0.5) is 0 Å². The Kier molecular flexibility index (Phi) is 6.27. The number of aryl methyl sites for hydroxylation is 1. The molecule has 2 aliphatic rings. The van der Waals surface area contributed by atoms with Crippen molar-refractivity contribution < 1.29 is 19.1 Å². The molecule has 3 rings (SSSR count). The topological polar surface area (TPSA) is 64.6 Å². The van der Waals surface area contributed by atoms with Gasteiger partial charge in [-0.1, -0.05) is 43.7 Å². The van der Waals surface area contributed by atoms with Crippen molar-refractivity contribution in [1.82, 2.24) is 5.32 Å². The Morgan fingerprint density at radius 2 is 1.83 bits per heavy atom. The molecular formula is C24H31NO4. The van der Waals surface area contributed by atoms with Gasteiger partial charge < -0.3 is 14.8 Å². The molecular weight excluding hydrogens is 366 g/mol. The van der Waals surface area contributed by atoms with Crippen LogP contribution >= 0.6 is 0 Å². The van der Waals surface area contributed by atoms with Crippen molar-refractivity contribution in [3.63, 3.8) is 0 Å². The number of benzene rings is 1. The van der Waals surface area contributed by atoms with E-state index in [2.05, 4.69) is 19.2 Å². The summed E-state index contributed by atoms with van der Waals surface area (Å²) in [5.74, 6) is -0.707. The minimum Gasteiger partial charge on any atom is -0.460 e. The first kappa shape index (κ1) is 21.3. The average Bonchev–Trinajstić information content (AvgIpc) is 2.63. The maximum atomic E-state index is 13.2. The van der Waals surface area contributed by atoms with Gasteiger partial charge in [0.15, 0.2) is 5.78 Å². The second kappa shape index (κ2) is 8.54. The van der Waals surface area contributed by atoms with Crippen LogP contribution in [0.2, 0.25) is 0 Å². The fourth-order valence-electron chi connectivity index (χ4n) is 4.21. The third-order valence-corrected chi connectivity index (χ3v) is 5.54. The molecule has 0 saturated heterocycles. The monoisotopic (exact) mass is 397 g/mol. The molecule has 156 valence electrons. The molecule has 1 aromatic carbocycles. The first-order valence-corrected chi connectivity index (χ1v) is 10.3. The highest BCUT2D eigenvalue weighted by Crippen LogP contribution is 2.46. The predicted octanol–water partition coefficient (Wildman–Crippen LogP) is 4.18. The summed E-state index contributed by atoms with van der Waals surface area (Å²) in [4.78, 5) is 26.2. The van der Waals surface area contributed by atoms with Gasteiger partial charge in [-0.25, -0.2) is 4.79 Å². The molecule has 0 radical (unpaired) electrons. The molecule has 5 heteroatoms. The number of rotatable bonds is 6. The van der Waals surface area contributed by atoms with Crippen LogP contribution in [-0.4, -0.2) is 31.6 Å². The van der Waals surface area contributed by atoms with E-state index in [-0.39, 0.29) is 17.8 Å². The quantitative estimate of drug-likeness (QED) is 0.576. The van der Waals surface area contributed by atoms with Crippen LogP contribution in [0.15, 0.2) is 46.8 Å². The van der Waals surface area contributed by atoms with Crippen LogP contribution in [-0.2, 0) is 19.1 Å². The second-order valence-electron chi connectivity index (χ2n) is 8.67. The number of ether oxygens (including phenoxy) is 2. The molecule has 0 bridgehead atoms. The van der Waals surface area contributed by atoms with Crippen molar-refractivity contribution in [3.8, 4) is 0 Å². The van der Waals surface area contributed by atoms with Crippen LogP contribution in [0.5, 0.6) is 0 Å². The summed E-state index contributed by atoms with van der Waals surface area (Å²) in [6.45, 7) is 11.1. The molecule has 0 fully saturated rings. The van der Waals surface area contributed by atoms with Crippen molar-refractivity contribution in [2.75, 3.05) is 19.8 Å². The van der Waals surface area contributed by atoms with Gasteiger partial charge in [-0.2, -0.15) is 0 Å². The number of hydrogen-bond donors (Lipinski definition) is 1. The van der Waals surface area contributed by atoms with E-state index in [0.717, 1.165) is 28.9 Å². The molecule has 5 nitrogen and oxygen atoms in total. The summed E-state index contributed by atoms with van der Waals surface area (Å²) in [6, 6.07) is 8.04. The lowest BCUT2D eigenvalue weighted by molar-refractivity contribution is -0.140. The second-order valence-corrected chi connectivity index (χ2v) is 8.67. The number of nitrogens with one attached hydrogen (secondary N) is 1. The minimum absolute atomic E-state index is 0.0986. The Hall–Kier alpha value is -2.40. The Balaban J connectivity index is 2.01. The molecule has 1 heterocycles. The Labute approximate surface area is 173 Å². The largest absolute Gasteiger partial charge is 0.460 e. The zero-order chi connectivity index (χ0) is 21.2. The number of carbonyl (C=O) groups is 2. The van der Waals surface area contributed by atoms with E-state index < -0.39 is 11.9 Å². The molecule has 1 aliphatic heterocycles. The third kappa shape index (κ3) is 4.61. The van der Waals surface area contributed by atoms with Crippen LogP contribution in [0.3, 0.4) is 0 Å². The number of allylic oxidation sites excluding steroid dienone is 3. The Morgan fingerprint density at radius 1 is 1.14 bits per heavy atom. The van der Waals surface area contributed by atoms with E-state index in [1.54, 1.807) is 0 Å². The van der Waals surface area contributed by atoms with Gasteiger partial charge >= 0.3 is 5.97 Å². The van der Waals surface area contributed by atoms with Crippen molar-refractivity contribution >= 4 is 11.8 Å². The summed E-state index contributed by atoms with van der Waals surface area (Å²) in [7, 11) is 0. The summed E-state index contributed by atoms with van der Waals surface area (Å²) in [5.41, 5.74) is 4.87. The van der Waals surface area contributed by atoms with Gasteiger partial charge in [-0.15, -0.1) is 0 Å². The number of Topliss-reactive ketones (excluding diaryl/α,β-unsaturated/α-hetero) is 1. The molecule has 0 amide bonds. The van der Waals surface area contributed by atoms with Gasteiger partial charge in [0.2, 0.25) is 0 Å². The van der Waals surface area contributed by atoms with Crippen LogP contribution in [0, 0.1) is 12.3 Å². The van der Waals surface area contributed by atoms with E-state index in [4.69, 9.17) is 9.47 Å². The highest BCUT2D eigenvalue weighted by Gasteiger charge is 2.43. The predicted molar refractivity (Wildman–Crippen MR) is 112 cm³/mol. The number of esters is 1. The average molecular weight is 398 g/mol. The zero-order valence-electron chi connectivity index (χ0n) is 18.1. The molecule has 1 N–H and O–H groups in total. The summed E-state index contributed by atoms with van der Waals surface area (Å²) < 4.78 is 10.8. The van der Waals surface area contributed by atoms with Crippen molar-refractivity contribution in [2.45, 2.75) is 53.4 Å². The van der Waals surface area contributed by atoms with E-state index >= 15 is 0 Å². The maximum absolute atomic E-state index is 13.2. The minimum atomic E-state index is -0.407. The molecule has 1 atom stereocenters. The van der Waals surface area contributed by atoms with Crippen LogP contribution in [0.1, 0.15) is 57.6 Å². The summed E-state index contributed by atoms with van der Waals surface area (Å²) in [6.07, 6.45) is 1.25. The van der Waals surface area contributed by atoms with Crippen LogP contribution in [0.25, 0.3) is 0 Å². The fourth-order valence-corrected chi connectivity index (χ4v) is 4.21. The molecule has 0 spiro atoms. The molecule has 0 saturated carbocycles. The third-order valence-electron chi connectivity index (χ3n) is 5.54. The number of hydrogen-bond acceptors (Lipinski definition) is 5. The maximum Gasteiger partial charge on any atom is 0.336 e. The smallest absolute Gasteiger partial charge is 0.336 e. The number of carbonyl (C=O) groups excluding carboxylic acids is 2. The first-order chi connectivity index (χ1) is 13.7. The SMILES string of the molecule is CCOCCOC(=O)C1=C(C)NC2=C(C(=O)CC(C)(C)C2)[C@@H]1c1ccc(C)cc1. The van der Waals surface area contributed by atoms with Gasteiger partial charge in [-0.05, 0) is 38.2 Å². The lowest BCUT2D eigenvalue weighted by atomic mass is 9.68. The van der Waals surface area contributed by atoms with E-state index in [1.807, 2.05) is 45.0 Å².